The summed E-state index contributed by atoms with van der Waals surface area (Å²) in [6.45, 7) is 7.67. The number of nitrogens with one attached hydrogen (secondary N) is 1. The lowest BCUT2D eigenvalue weighted by Crippen LogP contribution is -2.13. The average molecular weight is 372 g/mol. The van der Waals surface area contributed by atoms with Crippen LogP contribution in [0.4, 0.5) is 5.69 Å². The quantitative estimate of drug-likeness (QED) is 0.725. The second-order valence-corrected chi connectivity index (χ2v) is 7.99. The third-order valence-electron chi connectivity index (χ3n) is 4.37. The van der Waals surface area contributed by atoms with Crippen molar-refractivity contribution in [3.8, 4) is 11.5 Å². The molecule has 26 heavy (non-hydrogen) atoms. The van der Waals surface area contributed by atoms with Crippen LogP contribution in [0.1, 0.15) is 42.6 Å². The molecule has 4 nitrogen and oxygen atoms in total. The highest BCUT2D eigenvalue weighted by Gasteiger charge is 2.15. The summed E-state index contributed by atoms with van der Waals surface area (Å²) in [6, 6.07) is 11.5. The van der Waals surface area contributed by atoms with E-state index in [0.29, 0.717) is 35.5 Å². The number of hydrogen-bond acceptors (Lipinski definition) is 4. The van der Waals surface area contributed by atoms with E-state index in [4.69, 9.17) is 9.47 Å². The molecular weight excluding hydrogens is 346 g/mol. The van der Waals surface area contributed by atoms with Crippen LogP contribution in [-0.4, -0.2) is 24.4 Å². The topological polar surface area (TPSA) is 47.6 Å². The number of anilines is 1. The zero-order valence-electron chi connectivity index (χ0n) is 15.5. The molecule has 0 spiro atoms. The smallest absolute Gasteiger partial charge is 0.255 e. The van der Waals surface area contributed by atoms with E-state index in [0.717, 1.165) is 24.1 Å². The maximum Gasteiger partial charge on any atom is 0.255 e. The molecule has 0 aliphatic carbocycles. The second-order valence-electron chi connectivity index (χ2n) is 6.48. The lowest BCUT2D eigenvalue weighted by Gasteiger charge is -2.13. The van der Waals surface area contributed by atoms with Crippen LogP contribution in [0.5, 0.6) is 11.5 Å². The number of amides is 1. The molecule has 5 heteroatoms. The third kappa shape index (κ3) is 4.52. The van der Waals surface area contributed by atoms with Crippen molar-refractivity contribution in [1.29, 1.82) is 0 Å². The summed E-state index contributed by atoms with van der Waals surface area (Å²) in [5.41, 5.74) is 2.45. The summed E-state index contributed by atoms with van der Waals surface area (Å²) in [5.74, 6) is 1.18. The van der Waals surface area contributed by atoms with Crippen molar-refractivity contribution < 1.29 is 14.3 Å². The first-order valence-electron chi connectivity index (χ1n) is 9.05. The van der Waals surface area contributed by atoms with Crippen LogP contribution >= 0.6 is 11.8 Å². The Bertz CT molecular complexity index is 791. The zero-order valence-corrected chi connectivity index (χ0v) is 16.3. The van der Waals surface area contributed by atoms with Crippen LogP contribution in [0, 0.1) is 6.92 Å². The molecule has 1 amide bonds. The van der Waals surface area contributed by atoms with Crippen molar-refractivity contribution in [2.45, 2.75) is 43.8 Å². The summed E-state index contributed by atoms with van der Waals surface area (Å²) in [5, 5.41) is 3.58. The van der Waals surface area contributed by atoms with Gasteiger partial charge >= 0.3 is 0 Å². The van der Waals surface area contributed by atoms with Crippen LogP contribution in [0.2, 0.25) is 0 Å². The van der Waals surface area contributed by atoms with E-state index >= 15 is 0 Å². The monoisotopic (exact) mass is 371 g/mol. The van der Waals surface area contributed by atoms with Gasteiger partial charge in [0.15, 0.2) is 11.5 Å². The molecule has 0 radical (unpaired) electrons. The summed E-state index contributed by atoms with van der Waals surface area (Å²) in [6.07, 6.45) is 1.97. The molecule has 1 N–H and O–H groups in total. The Morgan fingerprint density at radius 2 is 1.92 bits per heavy atom. The fourth-order valence-electron chi connectivity index (χ4n) is 2.66. The standard InChI is InChI=1S/C21H25NO3S/c1-4-15(3)26-17-7-8-18(14(2)12-17)22-21(23)16-6-9-19-20(13-16)25-11-5-10-24-19/h6-9,12-13,15H,4-5,10-11H2,1-3H3,(H,22,23). The molecule has 2 aromatic carbocycles. The lowest BCUT2D eigenvalue weighted by atomic mass is 10.1. The van der Waals surface area contributed by atoms with E-state index in [1.807, 2.05) is 24.8 Å². The summed E-state index contributed by atoms with van der Waals surface area (Å²) in [4.78, 5) is 13.9. The highest BCUT2D eigenvalue weighted by molar-refractivity contribution is 7.99. The van der Waals surface area contributed by atoms with E-state index in [9.17, 15) is 4.79 Å². The van der Waals surface area contributed by atoms with Crippen LogP contribution in [-0.2, 0) is 0 Å². The molecule has 1 atom stereocenters. The van der Waals surface area contributed by atoms with Crippen molar-refractivity contribution >= 4 is 23.4 Å². The van der Waals surface area contributed by atoms with Crippen molar-refractivity contribution in [2.75, 3.05) is 18.5 Å². The van der Waals surface area contributed by atoms with Crippen LogP contribution in [0.25, 0.3) is 0 Å². The van der Waals surface area contributed by atoms with Gasteiger partial charge in [0.2, 0.25) is 0 Å². The molecule has 1 unspecified atom stereocenters. The van der Waals surface area contributed by atoms with Gasteiger partial charge in [-0.15, -0.1) is 11.8 Å². The summed E-state index contributed by atoms with van der Waals surface area (Å²) >= 11 is 1.86. The number of carbonyl (C=O) groups is 1. The minimum absolute atomic E-state index is 0.147. The Morgan fingerprint density at radius 3 is 2.65 bits per heavy atom. The number of carbonyl (C=O) groups excluding carboxylic acids is 1. The van der Waals surface area contributed by atoms with Gasteiger partial charge < -0.3 is 14.8 Å². The Kier molecular flexibility index (Phi) is 6.09. The maximum absolute atomic E-state index is 12.6. The highest BCUT2D eigenvalue weighted by Crippen LogP contribution is 2.31. The van der Waals surface area contributed by atoms with Crippen molar-refractivity contribution in [2.24, 2.45) is 0 Å². The van der Waals surface area contributed by atoms with E-state index in [1.165, 1.54) is 4.90 Å². The van der Waals surface area contributed by atoms with Gasteiger partial charge in [0.1, 0.15) is 0 Å². The fourth-order valence-corrected chi connectivity index (χ4v) is 3.69. The first-order valence-corrected chi connectivity index (χ1v) is 9.93. The number of rotatable bonds is 5. The van der Waals surface area contributed by atoms with Crippen LogP contribution in [0.3, 0.4) is 0 Å². The number of aryl methyl sites for hydroxylation is 1. The van der Waals surface area contributed by atoms with Crippen LogP contribution < -0.4 is 14.8 Å². The van der Waals surface area contributed by atoms with E-state index < -0.39 is 0 Å². The number of benzene rings is 2. The van der Waals surface area contributed by atoms with E-state index in [2.05, 4.69) is 31.3 Å². The molecule has 0 fully saturated rings. The first-order chi connectivity index (χ1) is 12.6. The highest BCUT2D eigenvalue weighted by atomic mass is 32.2. The van der Waals surface area contributed by atoms with Crippen molar-refractivity contribution in [1.82, 2.24) is 0 Å². The number of hydrogen-bond donors (Lipinski definition) is 1. The summed E-state index contributed by atoms with van der Waals surface area (Å²) < 4.78 is 11.3. The Labute approximate surface area is 159 Å². The Balaban J connectivity index is 1.72. The van der Waals surface area contributed by atoms with Crippen LogP contribution in [0.15, 0.2) is 41.3 Å². The predicted octanol–water partition coefficient (Wildman–Crippen LogP) is 5.30. The average Bonchev–Trinajstić information content (AvgIpc) is 2.88. The molecule has 0 bridgehead atoms. The number of ether oxygens (including phenoxy) is 2. The van der Waals surface area contributed by atoms with Gasteiger partial charge in [0.25, 0.3) is 5.91 Å². The Hall–Kier alpha value is -2.14. The Morgan fingerprint density at radius 1 is 1.15 bits per heavy atom. The minimum atomic E-state index is -0.147. The molecule has 1 aliphatic rings. The first kappa shape index (κ1) is 18.6. The number of fused-ring (bicyclic) bond motifs is 1. The molecular formula is C21H25NO3S. The predicted molar refractivity (Wildman–Crippen MR) is 107 cm³/mol. The number of thioether (sulfide) groups is 1. The molecule has 138 valence electrons. The van der Waals surface area contributed by atoms with E-state index in [-0.39, 0.29) is 5.91 Å². The maximum atomic E-state index is 12.6. The third-order valence-corrected chi connectivity index (χ3v) is 5.63. The van der Waals surface area contributed by atoms with E-state index in [1.54, 1.807) is 18.2 Å². The van der Waals surface area contributed by atoms with Gasteiger partial charge in [-0.05, 0) is 55.3 Å². The van der Waals surface area contributed by atoms with Gasteiger partial charge in [-0.1, -0.05) is 13.8 Å². The molecule has 1 aliphatic heterocycles. The molecule has 2 aromatic rings. The normalized spacial score (nSPS) is 14.4. The lowest BCUT2D eigenvalue weighted by molar-refractivity contribution is 0.102. The molecule has 0 saturated heterocycles. The van der Waals surface area contributed by atoms with Gasteiger partial charge in [-0.25, -0.2) is 0 Å². The summed E-state index contributed by atoms with van der Waals surface area (Å²) in [7, 11) is 0. The zero-order chi connectivity index (χ0) is 18.5. The molecule has 3 rings (SSSR count). The van der Waals surface area contributed by atoms with Gasteiger partial charge in [-0.3, -0.25) is 4.79 Å². The fraction of sp³-hybridized carbons (Fsp3) is 0.381. The van der Waals surface area contributed by atoms with Crippen molar-refractivity contribution in [3.63, 3.8) is 0 Å². The molecule has 0 saturated carbocycles. The van der Waals surface area contributed by atoms with Gasteiger partial charge in [0, 0.05) is 27.8 Å². The largest absolute Gasteiger partial charge is 0.490 e. The second kappa shape index (κ2) is 8.49. The minimum Gasteiger partial charge on any atom is -0.490 e. The van der Waals surface area contributed by atoms with Gasteiger partial charge in [0.05, 0.1) is 13.2 Å². The molecule has 0 aromatic heterocycles. The van der Waals surface area contributed by atoms with Crippen molar-refractivity contribution in [3.05, 3.63) is 47.5 Å². The van der Waals surface area contributed by atoms with Gasteiger partial charge in [-0.2, -0.15) is 0 Å². The molecule has 1 heterocycles. The SMILES string of the molecule is CCC(C)Sc1ccc(NC(=O)c2ccc3c(c2)OCCCO3)c(C)c1.